The molecule has 0 aliphatic carbocycles. The van der Waals surface area contributed by atoms with Crippen LogP contribution in [0.4, 0.5) is 5.69 Å². The molecular weight excluding hydrogens is 258 g/mol. The molecule has 1 heterocycles. The van der Waals surface area contributed by atoms with Crippen molar-refractivity contribution in [3.63, 3.8) is 0 Å². The number of rotatable bonds is 3. The standard InChI is InChI=1S/C11H8ClN3O3/c1-7-3-2-4-8(5-7)18-10-9(15(16)17)6-13-11(12)14-10/h2-6H,1H3. The van der Waals surface area contributed by atoms with Gasteiger partial charge in [-0.05, 0) is 36.2 Å². The van der Waals surface area contributed by atoms with Gasteiger partial charge in [0, 0.05) is 0 Å². The lowest BCUT2D eigenvalue weighted by Crippen LogP contribution is -1.97. The number of aromatic nitrogens is 2. The minimum absolute atomic E-state index is 0.108. The monoisotopic (exact) mass is 265 g/mol. The second-order valence-corrected chi connectivity index (χ2v) is 3.84. The highest BCUT2D eigenvalue weighted by Crippen LogP contribution is 2.29. The summed E-state index contributed by atoms with van der Waals surface area (Å²) in [4.78, 5) is 17.4. The fraction of sp³-hybridized carbons (Fsp3) is 0.0909. The largest absolute Gasteiger partial charge is 0.434 e. The average molecular weight is 266 g/mol. The Labute approximate surface area is 107 Å². The van der Waals surface area contributed by atoms with Crippen LogP contribution in [0.5, 0.6) is 11.6 Å². The van der Waals surface area contributed by atoms with E-state index in [2.05, 4.69) is 9.97 Å². The minimum atomic E-state index is -0.624. The number of ether oxygens (including phenoxy) is 1. The van der Waals surface area contributed by atoms with Gasteiger partial charge >= 0.3 is 11.6 Å². The lowest BCUT2D eigenvalue weighted by molar-refractivity contribution is -0.386. The highest BCUT2D eigenvalue weighted by molar-refractivity contribution is 6.28. The van der Waals surface area contributed by atoms with Crippen molar-refractivity contribution in [3.05, 3.63) is 51.4 Å². The first-order valence-corrected chi connectivity index (χ1v) is 5.35. The smallest absolute Gasteiger partial charge is 0.349 e. The quantitative estimate of drug-likeness (QED) is 0.484. The van der Waals surface area contributed by atoms with Gasteiger partial charge in [-0.2, -0.15) is 4.98 Å². The van der Waals surface area contributed by atoms with Crippen molar-refractivity contribution in [3.8, 4) is 11.6 Å². The van der Waals surface area contributed by atoms with Crippen LogP contribution in [0.3, 0.4) is 0 Å². The van der Waals surface area contributed by atoms with Crippen LogP contribution in [0.2, 0.25) is 5.28 Å². The zero-order valence-electron chi connectivity index (χ0n) is 9.33. The fourth-order valence-electron chi connectivity index (χ4n) is 1.33. The molecular formula is C11H8ClN3O3. The molecule has 0 atom stereocenters. The third-order valence-electron chi connectivity index (χ3n) is 2.11. The number of halogens is 1. The van der Waals surface area contributed by atoms with Crippen molar-refractivity contribution in [2.45, 2.75) is 6.92 Å². The highest BCUT2D eigenvalue weighted by atomic mass is 35.5. The first kappa shape index (κ1) is 12.3. The second-order valence-electron chi connectivity index (χ2n) is 3.51. The van der Waals surface area contributed by atoms with E-state index in [0.717, 1.165) is 11.8 Å². The molecule has 0 aliphatic heterocycles. The average Bonchev–Trinajstić information content (AvgIpc) is 2.28. The van der Waals surface area contributed by atoms with E-state index in [4.69, 9.17) is 16.3 Å². The molecule has 0 saturated heterocycles. The van der Waals surface area contributed by atoms with Crippen molar-refractivity contribution in [1.29, 1.82) is 0 Å². The summed E-state index contributed by atoms with van der Waals surface area (Å²) in [7, 11) is 0. The normalized spacial score (nSPS) is 10.1. The van der Waals surface area contributed by atoms with Gasteiger partial charge in [0.15, 0.2) is 0 Å². The third kappa shape index (κ3) is 2.72. The predicted molar refractivity (Wildman–Crippen MR) is 64.9 cm³/mol. The molecule has 18 heavy (non-hydrogen) atoms. The second kappa shape index (κ2) is 4.97. The summed E-state index contributed by atoms with van der Waals surface area (Å²) in [6.45, 7) is 1.88. The van der Waals surface area contributed by atoms with Gasteiger partial charge in [0.25, 0.3) is 0 Å². The Bertz CT molecular complexity index is 604. The molecule has 1 aromatic carbocycles. The summed E-state index contributed by atoms with van der Waals surface area (Å²) in [6.07, 6.45) is 1.01. The van der Waals surface area contributed by atoms with Crippen molar-refractivity contribution >= 4 is 17.3 Å². The van der Waals surface area contributed by atoms with E-state index >= 15 is 0 Å². The van der Waals surface area contributed by atoms with Crippen LogP contribution in [0.25, 0.3) is 0 Å². The highest BCUT2D eigenvalue weighted by Gasteiger charge is 2.19. The summed E-state index contributed by atoms with van der Waals surface area (Å²) in [6, 6.07) is 7.07. The van der Waals surface area contributed by atoms with E-state index in [0.29, 0.717) is 5.75 Å². The summed E-state index contributed by atoms with van der Waals surface area (Å²) in [5.74, 6) is 0.276. The van der Waals surface area contributed by atoms with Gasteiger partial charge in [-0.1, -0.05) is 12.1 Å². The zero-order valence-corrected chi connectivity index (χ0v) is 10.1. The Kier molecular flexibility index (Phi) is 3.38. The van der Waals surface area contributed by atoms with Gasteiger partial charge in [0.05, 0.1) is 4.92 Å². The lowest BCUT2D eigenvalue weighted by atomic mass is 10.2. The van der Waals surface area contributed by atoms with E-state index < -0.39 is 4.92 Å². The van der Waals surface area contributed by atoms with Crippen LogP contribution in [-0.2, 0) is 0 Å². The molecule has 2 rings (SSSR count). The van der Waals surface area contributed by atoms with Crippen LogP contribution < -0.4 is 4.74 Å². The Balaban J connectivity index is 2.39. The summed E-state index contributed by atoms with van der Waals surface area (Å²) < 4.78 is 5.36. The summed E-state index contributed by atoms with van der Waals surface area (Å²) >= 11 is 5.59. The van der Waals surface area contributed by atoms with Crippen LogP contribution in [0, 0.1) is 17.0 Å². The Morgan fingerprint density at radius 3 is 2.89 bits per heavy atom. The van der Waals surface area contributed by atoms with Crippen LogP contribution >= 0.6 is 11.6 Å². The first-order chi connectivity index (χ1) is 8.56. The maximum Gasteiger partial charge on any atom is 0.349 e. The predicted octanol–water partition coefficient (Wildman–Crippen LogP) is 3.14. The molecule has 7 heteroatoms. The van der Waals surface area contributed by atoms with Crippen molar-refractivity contribution in [2.75, 3.05) is 0 Å². The fourth-order valence-corrected chi connectivity index (χ4v) is 1.46. The van der Waals surface area contributed by atoms with Gasteiger partial charge in [0.1, 0.15) is 11.9 Å². The molecule has 0 N–H and O–H groups in total. The molecule has 2 aromatic rings. The van der Waals surface area contributed by atoms with Gasteiger partial charge < -0.3 is 4.74 Å². The topological polar surface area (TPSA) is 78.2 Å². The summed E-state index contributed by atoms with van der Waals surface area (Å²) in [5.41, 5.74) is 0.635. The molecule has 0 saturated carbocycles. The number of nitrogens with zero attached hydrogens (tertiary/aromatic N) is 3. The maximum atomic E-state index is 10.8. The first-order valence-electron chi connectivity index (χ1n) is 4.98. The minimum Gasteiger partial charge on any atom is -0.434 e. The van der Waals surface area contributed by atoms with E-state index in [1.807, 2.05) is 13.0 Å². The number of hydrogen-bond acceptors (Lipinski definition) is 5. The Morgan fingerprint density at radius 1 is 1.44 bits per heavy atom. The van der Waals surface area contributed by atoms with E-state index in [-0.39, 0.29) is 16.9 Å². The molecule has 6 nitrogen and oxygen atoms in total. The molecule has 0 radical (unpaired) electrons. The van der Waals surface area contributed by atoms with Gasteiger partial charge in [-0.25, -0.2) is 4.98 Å². The zero-order chi connectivity index (χ0) is 13.1. The number of hydrogen-bond donors (Lipinski definition) is 0. The number of aryl methyl sites for hydroxylation is 1. The van der Waals surface area contributed by atoms with E-state index in [1.165, 1.54) is 0 Å². The SMILES string of the molecule is Cc1cccc(Oc2nc(Cl)ncc2[N+](=O)[O-])c1. The summed E-state index contributed by atoms with van der Waals surface area (Å²) in [5, 5.41) is 10.7. The number of benzene rings is 1. The lowest BCUT2D eigenvalue weighted by Gasteiger charge is -2.05. The van der Waals surface area contributed by atoms with E-state index in [9.17, 15) is 10.1 Å². The van der Waals surface area contributed by atoms with Crippen LogP contribution in [0.1, 0.15) is 5.56 Å². The molecule has 0 unspecified atom stereocenters. The third-order valence-corrected chi connectivity index (χ3v) is 2.29. The van der Waals surface area contributed by atoms with Crippen molar-refractivity contribution < 1.29 is 9.66 Å². The molecule has 0 spiro atoms. The Hall–Kier alpha value is -2.21. The molecule has 0 aliphatic rings. The molecule has 92 valence electrons. The molecule has 0 fully saturated rings. The van der Waals surface area contributed by atoms with E-state index in [1.54, 1.807) is 18.2 Å². The molecule has 0 bridgehead atoms. The molecule has 1 aromatic heterocycles. The maximum absolute atomic E-state index is 10.8. The Morgan fingerprint density at radius 2 is 2.22 bits per heavy atom. The number of nitro groups is 1. The van der Waals surface area contributed by atoms with Crippen molar-refractivity contribution in [2.24, 2.45) is 0 Å². The van der Waals surface area contributed by atoms with Crippen molar-refractivity contribution in [1.82, 2.24) is 9.97 Å². The molecule has 0 amide bonds. The van der Waals surface area contributed by atoms with Crippen LogP contribution in [0.15, 0.2) is 30.5 Å². The van der Waals surface area contributed by atoms with Gasteiger partial charge in [0.2, 0.25) is 5.28 Å². The van der Waals surface area contributed by atoms with Crippen LogP contribution in [-0.4, -0.2) is 14.9 Å². The van der Waals surface area contributed by atoms with Gasteiger partial charge in [-0.3, -0.25) is 10.1 Å². The van der Waals surface area contributed by atoms with Gasteiger partial charge in [-0.15, -0.1) is 0 Å².